The summed E-state index contributed by atoms with van der Waals surface area (Å²) in [5.41, 5.74) is 1.23. The highest BCUT2D eigenvalue weighted by Crippen LogP contribution is 2.22. The second kappa shape index (κ2) is 5.62. The van der Waals surface area contributed by atoms with Crippen molar-refractivity contribution in [3.8, 4) is 0 Å². The predicted molar refractivity (Wildman–Crippen MR) is 81.0 cm³/mol. The molecular weight excluding hydrogens is 266 g/mol. The van der Waals surface area contributed by atoms with Crippen molar-refractivity contribution in [1.82, 2.24) is 20.3 Å². The van der Waals surface area contributed by atoms with E-state index in [1.165, 1.54) is 0 Å². The highest BCUT2D eigenvalue weighted by atomic mass is 16.1. The number of hydrogen-bond donors (Lipinski definition) is 3. The molecule has 0 radical (unpaired) electrons. The first-order chi connectivity index (χ1) is 10.3. The van der Waals surface area contributed by atoms with E-state index in [1.807, 2.05) is 24.3 Å². The molecule has 2 aromatic heterocycles. The van der Waals surface area contributed by atoms with Gasteiger partial charge in [-0.25, -0.2) is 9.97 Å². The summed E-state index contributed by atoms with van der Waals surface area (Å²) in [5, 5.41) is 7.81. The predicted octanol–water partition coefficient (Wildman–Crippen LogP) is 1.93. The number of nitrogens with zero attached hydrogens (tertiary/aromatic N) is 2. The molecule has 0 bridgehead atoms. The zero-order valence-electron chi connectivity index (χ0n) is 11.6. The number of nitrogens with one attached hydrogen (secondary N) is 3. The Morgan fingerprint density at radius 2 is 2.19 bits per heavy atom. The molecule has 6 nitrogen and oxygen atoms in total. The molecule has 3 aromatic rings. The SMILES string of the molecule is CNc1nc(C(=O)NCc2cnc[nH]2)cc2ccccc12. The van der Waals surface area contributed by atoms with Crippen molar-refractivity contribution >= 4 is 22.5 Å². The van der Waals surface area contributed by atoms with E-state index in [0.717, 1.165) is 16.5 Å². The van der Waals surface area contributed by atoms with Gasteiger partial charge < -0.3 is 15.6 Å². The molecule has 0 unspecified atom stereocenters. The number of H-pyrrole nitrogens is 1. The monoisotopic (exact) mass is 281 g/mol. The van der Waals surface area contributed by atoms with Crippen LogP contribution in [0.25, 0.3) is 10.8 Å². The molecule has 0 atom stereocenters. The smallest absolute Gasteiger partial charge is 0.270 e. The Kier molecular flexibility index (Phi) is 3.51. The number of aromatic nitrogens is 3. The molecule has 0 fully saturated rings. The number of anilines is 1. The number of rotatable bonds is 4. The number of fused-ring (bicyclic) bond motifs is 1. The van der Waals surface area contributed by atoms with E-state index >= 15 is 0 Å². The van der Waals surface area contributed by atoms with Crippen LogP contribution in [-0.4, -0.2) is 27.9 Å². The van der Waals surface area contributed by atoms with Crippen molar-refractivity contribution in [3.05, 3.63) is 54.2 Å². The second-order valence-corrected chi connectivity index (χ2v) is 4.59. The molecule has 1 aromatic carbocycles. The zero-order valence-corrected chi connectivity index (χ0v) is 11.6. The van der Waals surface area contributed by atoms with E-state index in [1.54, 1.807) is 25.6 Å². The van der Waals surface area contributed by atoms with Crippen molar-refractivity contribution in [2.75, 3.05) is 12.4 Å². The molecular formula is C15H15N5O. The number of carbonyl (C=O) groups excluding carboxylic acids is 1. The lowest BCUT2D eigenvalue weighted by molar-refractivity contribution is 0.0946. The van der Waals surface area contributed by atoms with Crippen LogP contribution >= 0.6 is 0 Å². The first kappa shape index (κ1) is 13.1. The van der Waals surface area contributed by atoms with E-state index in [2.05, 4.69) is 25.6 Å². The molecule has 6 heteroatoms. The Morgan fingerprint density at radius 1 is 1.33 bits per heavy atom. The first-order valence-electron chi connectivity index (χ1n) is 6.61. The normalized spacial score (nSPS) is 10.5. The van der Waals surface area contributed by atoms with Crippen LogP contribution in [-0.2, 0) is 6.54 Å². The third-order valence-electron chi connectivity index (χ3n) is 3.20. The summed E-state index contributed by atoms with van der Waals surface area (Å²) >= 11 is 0. The highest BCUT2D eigenvalue weighted by Gasteiger charge is 2.11. The summed E-state index contributed by atoms with van der Waals surface area (Å²) in [7, 11) is 1.79. The molecule has 21 heavy (non-hydrogen) atoms. The largest absolute Gasteiger partial charge is 0.373 e. The number of aromatic amines is 1. The maximum atomic E-state index is 12.2. The standard InChI is InChI=1S/C15H15N5O/c1-16-14-12-5-3-2-4-10(12)6-13(20-14)15(21)18-8-11-7-17-9-19-11/h2-7,9H,8H2,1H3,(H,16,20)(H,17,19)(H,18,21). The Labute approximate surface area is 121 Å². The zero-order chi connectivity index (χ0) is 14.7. The first-order valence-corrected chi connectivity index (χ1v) is 6.61. The molecule has 1 amide bonds. The summed E-state index contributed by atoms with van der Waals surface area (Å²) in [5.74, 6) is 0.478. The second-order valence-electron chi connectivity index (χ2n) is 4.59. The quantitative estimate of drug-likeness (QED) is 0.682. The summed E-state index contributed by atoms with van der Waals surface area (Å²) < 4.78 is 0. The van der Waals surface area contributed by atoms with Gasteiger partial charge in [-0.15, -0.1) is 0 Å². The third-order valence-corrected chi connectivity index (χ3v) is 3.20. The number of carbonyl (C=O) groups is 1. The molecule has 0 saturated heterocycles. The minimum absolute atomic E-state index is 0.216. The van der Waals surface area contributed by atoms with Gasteiger partial charge in [0.15, 0.2) is 0 Å². The topological polar surface area (TPSA) is 82.7 Å². The fourth-order valence-corrected chi connectivity index (χ4v) is 2.15. The van der Waals surface area contributed by atoms with Crippen molar-refractivity contribution in [2.24, 2.45) is 0 Å². The number of imidazole rings is 1. The van der Waals surface area contributed by atoms with Gasteiger partial charge in [-0.05, 0) is 11.5 Å². The lowest BCUT2D eigenvalue weighted by atomic mass is 10.1. The summed E-state index contributed by atoms with van der Waals surface area (Å²) in [6, 6.07) is 9.61. The van der Waals surface area contributed by atoms with Gasteiger partial charge in [-0.1, -0.05) is 24.3 Å². The highest BCUT2D eigenvalue weighted by molar-refractivity contribution is 6.00. The van der Waals surface area contributed by atoms with Gasteiger partial charge in [0.1, 0.15) is 11.5 Å². The maximum absolute atomic E-state index is 12.2. The van der Waals surface area contributed by atoms with E-state index < -0.39 is 0 Å². The van der Waals surface area contributed by atoms with Crippen LogP contribution in [0.4, 0.5) is 5.82 Å². The minimum atomic E-state index is -0.216. The van der Waals surface area contributed by atoms with Gasteiger partial charge in [0.25, 0.3) is 5.91 Å². The van der Waals surface area contributed by atoms with Crippen molar-refractivity contribution in [3.63, 3.8) is 0 Å². The third kappa shape index (κ3) is 2.69. The van der Waals surface area contributed by atoms with Gasteiger partial charge in [0.05, 0.1) is 18.6 Å². The number of amides is 1. The maximum Gasteiger partial charge on any atom is 0.270 e. The fourth-order valence-electron chi connectivity index (χ4n) is 2.15. The summed E-state index contributed by atoms with van der Waals surface area (Å²) in [4.78, 5) is 23.4. The Bertz CT molecular complexity index is 767. The van der Waals surface area contributed by atoms with Crippen LogP contribution < -0.4 is 10.6 Å². The Morgan fingerprint density at radius 3 is 2.95 bits per heavy atom. The summed E-state index contributed by atoms with van der Waals surface area (Å²) in [6.45, 7) is 0.391. The molecule has 0 spiro atoms. The van der Waals surface area contributed by atoms with Crippen LogP contribution in [0.5, 0.6) is 0 Å². The summed E-state index contributed by atoms with van der Waals surface area (Å²) in [6.07, 6.45) is 3.25. The van der Waals surface area contributed by atoms with Gasteiger partial charge >= 0.3 is 0 Å². The van der Waals surface area contributed by atoms with Crippen LogP contribution in [0.15, 0.2) is 42.9 Å². The van der Waals surface area contributed by atoms with E-state index in [0.29, 0.717) is 18.1 Å². The average molecular weight is 281 g/mol. The number of pyridine rings is 1. The Balaban J connectivity index is 1.87. The molecule has 3 rings (SSSR count). The average Bonchev–Trinajstić information content (AvgIpc) is 3.04. The van der Waals surface area contributed by atoms with Crippen molar-refractivity contribution in [1.29, 1.82) is 0 Å². The number of benzene rings is 1. The van der Waals surface area contributed by atoms with Crippen LogP contribution in [0.2, 0.25) is 0 Å². The van der Waals surface area contributed by atoms with E-state index in [9.17, 15) is 4.79 Å². The van der Waals surface area contributed by atoms with E-state index in [4.69, 9.17) is 0 Å². The minimum Gasteiger partial charge on any atom is -0.373 e. The van der Waals surface area contributed by atoms with Gasteiger partial charge in [-0.2, -0.15) is 0 Å². The van der Waals surface area contributed by atoms with Crippen molar-refractivity contribution in [2.45, 2.75) is 6.54 Å². The molecule has 0 aliphatic carbocycles. The molecule has 3 N–H and O–H groups in total. The van der Waals surface area contributed by atoms with Gasteiger partial charge in [0, 0.05) is 18.6 Å². The molecule has 0 aliphatic rings. The fraction of sp³-hybridized carbons (Fsp3) is 0.133. The molecule has 106 valence electrons. The Hall–Kier alpha value is -2.89. The van der Waals surface area contributed by atoms with E-state index in [-0.39, 0.29) is 5.91 Å². The van der Waals surface area contributed by atoms with Crippen LogP contribution in [0.1, 0.15) is 16.2 Å². The molecule has 0 aliphatic heterocycles. The van der Waals surface area contributed by atoms with Crippen molar-refractivity contribution < 1.29 is 4.79 Å². The molecule has 2 heterocycles. The lowest BCUT2D eigenvalue weighted by Gasteiger charge is -2.09. The van der Waals surface area contributed by atoms with Crippen LogP contribution in [0, 0.1) is 0 Å². The lowest BCUT2D eigenvalue weighted by Crippen LogP contribution is -2.24. The van der Waals surface area contributed by atoms with Gasteiger partial charge in [-0.3, -0.25) is 4.79 Å². The van der Waals surface area contributed by atoms with Crippen LogP contribution in [0.3, 0.4) is 0 Å². The molecule has 0 saturated carbocycles. The number of hydrogen-bond acceptors (Lipinski definition) is 4. The van der Waals surface area contributed by atoms with Gasteiger partial charge in [0.2, 0.25) is 0 Å².